The van der Waals surface area contributed by atoms with E-state index >= 15 is 0 Å². The molecule has 0 unspecified atom stereocenters. The highest BCUT2D eigenvalue weighted by atomic mass is 35.5. The number of nitrogens with one attached hydrogen (secondary N) is 1. The second-order valence-electron chi connectivity index (χ2n) is 4.34. The summed E-state index contributed by atoms with van der Waals surface area (Å²) in [6.45, 7) is 6.65. The summed E-state index contributed by atoms with van der Waals surface area (Å²) in [7, 11) is 0. The molecule has 1 heterocycles. The summed E-state index contributed by atoms with van der Waals surface area (Å²) in [5, 5.41) is 4.23. The van der Waals surface area contributed by atoms with Gasteiger partial charge in [0.05, 0.1) is 0 Å². The van der Waals surface area contributed by atoms with E-state index in [1.165, 1.54) is 12.0 Å². The Morgan fingerprint density at radius 2 is 2.12 bits per heavy atom. The average Bonchev–Trinajstić information content (AvgIpc) is 2.82. The lowest BCUT2D eigenvalue weighted by Crippen LogP contribution is -2.36. The van der Waals surface area contributed by atoms with Gasteiger partial charge in [-0.1, -0.05) is 30.7 Å². The van der Waals surface area contributed by atoms with Gasteiger partial charge in [0.2, 0.25) is 0 Å². The van der Waals surface area contributed by atoms with Crippen LogP contribution in [0.2, 0.25) is 5.02 Å². The summed E-state index contributed by atoms with van der Waals surface area (Å²) in [4.78, 5) is 2.53. The van der Waals surface area contributed by atoms with Crippen molar-refractivity contribution in [1.29, 1.82) is 0 Å². The SMILES string of the molecule is CCN(Cc1ccc(Cl)cc1)[C@H]1CCNC1. The molecule has 0 aliphatic carbocycles. The molecule has 1 aromatic rings. The normalized spacial score (nSPS) is 20.6. The van der Waals surface area contributed by atoms with Crippen molar-refractivity contribution in [3.63, 3.8) is 0 Å². The van der Waals surface area contributed by atoms with Crippen LogP contribution in [0, 0.1) is 0 Å². The first-order valence-corrected chi connectivity index (χ1v) is 6.36. The van der Waals surface area contributed by atoms with E-state index in [9.17, 15) is 0 Å². The van der Waals surface area contributed by atoms with E-state index < -0.39 is 0 Å². The van der Waals surface area contributed by atoms with Gasteiger partial charge in [0.15, 0.2) is 0 Å². The van der Waals surface area contributed by atoms with E-state index in [4.69, 9.17) is 11.6 Å². The van der Waals surface area contributed by atoms with Crippen LogP contribution < -0.4 is 5.32 Å². The van der Waals surface area contributed by atoms with Crippen LogP contribution in [0.15, 0.2) is 24.3 Å². The van der Waals surface area contributed by atoms with Crippen molar-refractivity contribution in [2.45, 2.75) is 25.9 Å². The van der Waals surface area contributed by atoms with Gasteiger partial charge < -0.3 is 5.32 Å². The third-order valence-electron chi connectivity index (χ3n) is 3.26. The third kappa shape index (κ3) is 2.97. The van der Waals surface area contributed by atoms with Crippen molar-refractivity contribution >= 4 is 11.6 Å². The summed E-state index contributed by atoms with van der Waals surface area (Å²) in [6.07, 6.45) is 1.27. The number of rotatable bonds is 4. The molecule has 2 nitrogen and oxygen atoms in total. The fraction of sp³-hybridized carbons (Fsp3) is 0.538. The number of nitrogens with zero attached hydrogens (tertiary/aromatic N) is 1. The maximum Gasteiger partial charge on any atom is 0.0406 e. The smallest absolute Gasteiger partial charge is 0.0406 e. The molecule has 1 aromatic carbocycles. The molecule has 1 saturated heterocycles. The topological polar surface area (TPSA) is 15.3 Å². The first-order valence-electron chi connectivity index (χ1n) is 5.99. The lowest BCUT2D eigenvalue weighted by atomic mass is 10.1. The van der Waals surface area contributed by atoms with Crippen molar-refractivity contribution in [2.24, 2.45) is 0 Å². The highest BCUT2D eigenvalue weighted by Gasteiger charge is 2.20. The zero-order chi connectivity index (χ0) is 11.4. The number of benzene rings is 1. The first kappa shape index (κ1) is 11.9. The Balaban J connectivity index is 1.97. The second-order valence-corrected chi connectivity index (χ2v) is 4.77. The fourth-order valence-corrected chi connectivity index (χ4v) is 2.40. The average molecular weight is 239 g/mol. The quantitative estimate of drug-likeness (QED) is 0.867. The van der Waals surface area contributed by atoms with Gasteiger partial charge >= 0.3 is 0 Å². The largest absolute Gasteiger partial charge is 0.315 e. The van der Waals surface area contributed by atoms with Gasteiger partial charge in [-0.25, -0.2) is 0 Å². The first-order chi connectivity index (χ1) is 7.79. The van der Waals surface area contributed by atoms with E-state index in [1.54, 1.807) is 0 Å². The van der Waals surface area contributed by atoms with Gasteiger partial charge in [-0.05, 0) is 37.2 Å². The highest BCUT2D eigenvalue weighted by Crippen LogP contribution is 2.15. The van der Waals surface area contributed by atoms with Crippen LogP contribution >= 0.6 is 11.6 Å². The Hall–Kier alpha value is -0.570. The Labute approximate surface area is 103 Å². The van der Waals surface area contributed by atoms with Crippen molar-refractivity contribution in [3.8, 4) is 0 Å². The standard InChI is InChI=1S/C13H19ClN2/c1-2-16(13-7-8-15-9-13)10-11-3-5-12(14)6-4-11/h3-6,13,15H,2,7-10H2,1H3/t13-/m0/s1. The monoisotopic (exact) mass is 238 g/mol. The van der Waals surface area contributed by atoms with Crippen LogP contribution in [0.5, 0.6) is 0 Å². The molecule has 16 heavy (non-hydrogen) atoms. The van der Waals surface area contributed by atoms with E-state index in [-0.39, 0.29) is 0 Å². The molecule has 1 aliphatic rings. The van der Waals surface area contributed by atoms with Crippen molar-refractivity contribution in [1.82, 2.24) is 10.2 Å². The summed E-state index contributed by atoms with van der Waals surface area (Å²) in [5.41, 5.74) is 1.35. The molecule has 1 N–H and O–H groups in total. The Morgan fingerprint density at radius 1 is 1.38 bits per heavy atom. The van der Waals surface area contributed by atoms with E-state index in [2.05, 4.69) is 29.3 Å². The molecule has 0 spiro atoms. The van der Waals surface area contributed by atoms with Crippen molar-refractivity contribution in [3.05, 3.63) is 34.9 Å². The number of hydrogen-bond donors (Lipinski definition) is 1. The molecule has 0 aromatic heterocycles. The predicted molar refractivity (Wildman–Crippen MR) is 68.8 cm³/mol. The lowest BCUT2D eigenvalue weighted by molar-refractivity contribution is 0.210. The van der Waals surface area contributed by atoms with Gasteiger partial charge in [0.1, 0.15) is 0 Å². The molecule has 3 heteroatoms. The summed E-state index contributed by atoms with van der Waals surface area (Å²) in [5.74, 6) is 0. The molecule has 88 valence electrons. The van der Waals surface area contributed by atoms with Crippen LogP contribution in [0.4, 0.5) is 0 Å². The van der Waals surface area contributed by atoms with E-state index in [0.29, 0.717) is 6.04 Å². The second kappa shape index (κ2) is 5.67. The number of likely N-dealkylation sites (N-methyl/N-ethyl adjacent to an activating group) is 1. The van der Waals surface area contributed by atoms with Gasteiger partial charge in [-0.15, -0.1) is 0 Å². The third-order valence-corrected chi connectivity index (χ3v) is 3.51. The summed E-state index contributed by atoms with van der Waals surface area (Å²) < 4.78 is 0. The molecule has 2 rings (SSSR count). The Morgan fingerprint density at radius 3 is 2.69 bits per heavy atom. The summed E-state index contributed by atoms with van der Waals surface area (Å²) in [6, 6.07) is 8.87. The molecular weight excluding hydrogens is 220 g/mol. The fourth-order valence-electron chi connectivity index (χ4n) is 2.27. The number of hydrogen-bond acceptors (Lipinski definition) is 2. The zero-order valence-corrected chi connectivity index (χ0v) is 10.5. The Bertz CT molecular complexity index is 317. The maximum atomic E-state index is 5.89. The molecule has 0 bridgehead atoms. The molecule has 1 aliphatic heterocycles. The highest BCUT2D eigenvalue weighted by molar-refractivity contribution is 6.30. The molecule has 0 amide bonds. The zero-order valence-electron chi connectivity index (χ0n) is 9.75. The van der Waals surface area contributed by atoms with Crippen LogP contribution in [-0.4, -0.2) is 30.6 Å². The van der Waals surface area contributed by atoms with Crippen LogP contribution in [0.1, 0.15) is 18.9 Å². The molecule has 1 fully saturated rings. The van der Waals surface area contributed by atoms with Crippen molar-refractivity contribution in [2.75, 3.05) is 19.6 Å². The molecular formula is C13H19ClN2. The molecule has 0 saturated carbocycles. The minimum atomic E-state index is 0.695. The van der Waals surface area contributed by atoms with E-state index in [1.807, 2.05) is 12.1 Å². The van der Waals surface area contributed by atoms with Gasteiger partial charge in [0, 0.05) is 24.2 Å². The molecule has 0 radical (unpaired) electrons. The lowest BCUT2D eigenvalue weighted by Gasteiger charge is -2.26. The number of halogens is 1. The van der Waals surface area contributed by atoms with Crippen molar-refractivity contribution < 1.29 is 0 Å². The molecule has 1 atom stereocenters. The predicted octanol–water partition coefficient (Wildman–Crippen LogP) is 2.52. The van der Waals surface area contributed by atoms with E-state index in [0.717, 1.165) is 31.2 Å². The van der Waals surface area contributed by atoms with Crippen LogP contribution in [0.3, 0.4) is 0 Å². The van der Waals surface area contributed by atoms with Crippen LogP contribution in [0.25, 0.3) is 0 Å². The minimum absolute atomic E-state index is 0.695. The van der Waals surface area contributed by atoms with Gasteiger partial charge in [0.25, 0.3) is 0 Å². The van der Waals surface area contributed by atoms with Gasteiger partial charge in [-0.3, -0.25) is 4.90 Å². The minimum Gasteiger partial charge on any atom is -0.315 e. The van der Waals surface area contributed by atoms with Crippen LogP contribution in [-0.2, 0) is 6.54 Å². The maximum absolute atomic E-state index is 5.89. The van der Waals surface area contributed by atoms with Gasteiger partial charge in [-0.2, -0.15) is 0 Å². The Kier molecular flexibility index (Phi) is 4.22. The summed E-state index contributed by atoms with van der Waals surface area (Å²) >= 11 is 5.89.